The lowest BCUT2D eigenvalue weighted by atomic mass is 9.86. The highest BCUT2D eigenvalue weighted by atomic mass is 35.5. The standard InChI is InChI=1S/C27H30ClN3O5/c1-27(2,3)36-26(34)29-12-7-13-31-24(25(32)33)18-11-10-16-14-22(35-4)20(15-19(16)23(18)30-31)17-8-5-6-9-21(17)28/h5-6,8-9,14-15H,7,10-13H2,1-4H3,(H,29,34)(H,32,33). The molecule has 1 amide bonds. The normalized spacial score (nSPS) is 12.5. The van der Waals surface area contributed by atoms with Crippen LogP contribution in [0, 0.1) is 0 Å². The van der Waals surface area contributed by atoms with Crippen molar-refractivity contribution in [3.05, 3.63) is 58.2 Å². The van der Waals surface area contributed by atoms with Gasteiger partial charge < -0.3 is 19.9 Å². The molecule has 1 heterocycles. The number of halogens is 1. The van der Waals surface area contributed by atoms with E-state index in [0.717, 1.165) is 22.3 Å². The van der Waals surface area contributed by atoms with E-state index in [2.05, 4.69) is 5.32 Å². The number of carbonyl (C=O) groups excluding carboxylic acids is 1. The van der Waals surface area contributed by atoms with E-state index in [9.17, 15) is 14.7 Å². The van der Waals surface area contributed by atoms with E-state index in [1.165, 1.54) is 4.68 Å². The number of amides is 1. The van der Waals surface area contributed by atoms with Crippen LogP contribution in [0.1, 0.15) is 48.8 Å². The summed E-state index contributed by atoms with van der Waals surface area (Å²) in [6.07, 6.45) is 1.23. The number of benzene rings is 2. The lowest BCUT2D eigenvalue weighted by molar-refractivity contribution is 0.0524. The zero-order chi connectivity index (χ0) is 26.0. The van der Waals surface area contributed by atoms with Gasteiger partial charge in [0.25, 0.3) is 0 Å². The summed E-state index contributed by atoms with van der Waals surface area (Å²) in [5.74, 6) is -0.316. The van der Waals surface area contributed by atoms with Gasteiger partial charge in [-0.25, -0.2) is 9.59 Å². The first-order valence-electron chi connectivity index (χ1n) is 11.8. The molecule has 2 aromatic carbocycles. The van der Waals surface area contributed by atoms with E-state index in [4.69, 9.17) is 26.2 Å². The molecule has 1 aliphatic carbocycles. The number of aromatic carboxylic acids is 1. The number of aromatic nitrogens is 2. The number of carboxylic acid groups (broad SMARTS) is 1. The predicted octanol–water partition coefficient (Wildman–Crippen LogP) is 5.59. The van der Waals surface area contributed by atoms with Crippen molar-refractivity contribution in [3.8, 4) is 28.1 Å². The Labute approximate surface area is 215 Å². The number of rotatable bonds is 7. The number of nitrogens with zero attached hydrogens (tertiary/aromatic N) is 2. The largest absolute Gasteiger partial charge is 0.496 e. The first kappa shape index (κ1) is 25.6. The number of aryl methyl sites for hydroxylation is 2. The molecule has 0 spiro atoms. The highest BCUT2D eigenvalue weighted by Gasteiger charge is 2.29. The minimum Gasteiger partial charge on any atom is -0.496 e. The summed E-state index contributed by atoms with van der Waals surface area (Å²) in [5, 5.41) is 18.0. The Morgan fingerprint density at radius 2 is 1.89 bits per heavy atom. The second kappa shape index (κ2) is 10.2. The molecule has 3 aromatic rings. The van der Waals surface area contributed by atoms with Gasteiger partial charge in [-0.15, -0.1) is 0 Å². The fourth-order valence-corrected chi connectivity index (χ4v) is 4.69. The maximum atomic E-state index is 12.2. The molecule has 8 nitrogen and oxygen atoms in total. The van der Waals surface area contributed by atoms with Crippen molar-refractivity contribution in [1.82, 2.24) is 15.1 Å². The third kappa shape index (κ3) is 5.33. The zero-order valence-corrected chi connectivity index (χ0v) is 21.6. The first-order chi connectivity index (χ1) is 17.1. The monoisotopic (exact) mass is 511 g/mol. The minimum atomic E-state index is -1.02. The number of hydrogen-bond acceptors (Lipinski definition) is 5. The van der Waals surface area contributed by atoms with E-state index >= 15 is 0 Å². The van der Waals surface area contributed by atoms with Crippen molar-refractivity contribution in [2.24, 2.45) is 0 Å². The second-order valence-corrected chi connectivity index (χ2v) is 10.1. The van der Waals surface area contributed by atoms with E-state index < -0.39 is 17.7 Å². The van der Waals surface area contributed by atoms with Crippen molar-refractivity contribution in [1.29, 1.82) is 0 Å². The molecule has 0 radical (unpaired) electrons. The molecule has 0 atom stereocenters. The molecule has 190 valence electrons. The van der Waals surface area contributed by atoms with Gasteiger partial charge in [0.15, 0.2) is 0 Å². The van der Waals surface area contributed by atoms with Gasteiger partial charge in [-0.05, 0) is 63.8 Å². The van der Waals surface area contributed by atoms with Crippen LogP contribution >= 0.6 is 11.6 Å². The van der Waals surface area contributed by atoms with Gasteiger partial charge in [-0.3, -0.25) is 4.68 Å². The van der Waals surface area contributed by atoms with Crippen LogP contribution in [-0.4, -0.2) is 46.2 Å². The predicted molar refractivity (Wildman–Crippen MR) is 138 cm³/mol. The summed E-state index contributed by atoms with van der Waals surface area (Å²) in [6.45, 7) is 6.07. The first-order valence-corrected chi connectivity index (χ1v) is 12.2. The van der Waals surface area contributed by atoms with Crippen LogP contribution in [0.4, 0.5) is 4.79 Å². The van der Waals surface area contributed by atoms with Crippen molar-refractivity contribution < 1.29 is 24.2 Å². The number of carboxylic acids is 1. The summed E-state index contributed by atoms with van der Waals surface area (Å²) >= 11 is 6.48. The van der Waals surface area contributed by atoms with Gasteiger partial charge >= 0.3 is 12.1 Å². The van der Waals surface area contributed by atoms with E-state index in [-0.39, 0.29) is 5.69 Å². The molecule has 1 aromatic heterocycles. The third-order valence-electron chi connectivity index (χ3n) is 5.96. The molecule has 4 rings (SSSR count). The van der Waals surface area contributed by atoms with Crippen molar-refractivity contribution in [2.75, 3.05) is 13.7 Å². The number of methoxy groups -OCH3 is 1. The number of ether oxygens (including phenoxy) is 2. The average molecular weight is 512 g/mol. The van der Waals surface area contributed by atoms with Crippen molar-refractivity contribution in [3.63, 3.8) is 0 Å². The number of hydrogen-bond donors (Lipinski definition) is 2. The lowest BCUT2D eigenvalue weighted by Gasteiger charge is -2.20. The highest BCUT2D eigenvalue weighted by molar-refractivity contribution is 6.33. The topological polar surface area (TPSA) is 103 Å². The number of nitrogens with one attached hydrogen (secondary N) is 1. The molecule has 0 unspecified atom stereocenters. The SMILES string of the molecule is COc1cc2c(cc1-c1ccccc1Cl)-c1nn(CCCNC(=O)OC(C)(C)C)c(C(=O)O)c1CC2. The summed E-state index contributed by atoms with van der Waals surface area (Å²) < 4.78 is 12.4. The molecular formula is C27H30ClN3O5. The zero-order valence-electron chi connectivity index (χ0n) is 20.9. The molecule has 2 N–H and O–H groups in total. The van der Waals surface area contributed by atoms with E-state index in [1.807, 2.05) is 36.4 Å². The van der Waals surface area contributed by atoms with Gasteiger partial charge in [0.2, 0.25) is 0 Å². The van der Waals surface area contributed by atoms with Crippen LogP contribution in [0.15, 0.2) is 36.4 Å². The molecule has 0 bridgehead atoms. The molecule has 0 aliphatic heterocycles. The molecule has 0 fully saturated rings. The molecule has 1 aliphatic rings. The van der Waals surface area contributed by atoms with Gasteiger partial charge in [-0.1, -0.05) is 29.8 Å². The Kier molecular flexibility index (Phi) is 7.26. The van der Waals surface area contributed by atoms with Crippen LogP contribution in [0.5, 0.6) is 5.75 Å². The Morgan fingerprint density at radius 3 is 2.56 bits per heavy atom. The Morgan fingerprint density at radius 1 is 1.14 bits per heavy atom. The molecule has 9 heteroatoms. The van der Waals surface area contributed by atoms with Gasteiger partial charge in [0.1, 0.15) is 17.0 Å². The smallest absolute Gasteiger partial charge is 0.407 e. The second-order valence-electron chi connectivity index (χ2n) is 9.68. The molecule has 36 heavy (non-hydrogen) atoms. The highest BCUT2D eigenvalue weighted by Crippen LogP contribution is 2.43. The molecule has 0 saturated carbocycles. The van der Waals surface area contributed by atoms with Crippen LogP contribution in [0.25, 0.3) is 22.4 Å². The van der Waals surface area contributed by atoms with Crippen LogP contribution in [-0.2, 0) is 24.1 Å². The maximum absolute atomic E-state index is 12.2. The molecule has 0 saturated heterocycles. The quantitative estimate of drug-likeness (QED) is 0.401. The molecular weight excluding hydrogens is 482 g/mol. The summed E-state index contributed by atoms with van der Waals surface area (Å²) in [5.41, 5.74) is 4.54. The van der Waals surface area contributed by atoms with Crippen LogP contribution in [0.2, 0.25) is 5.02 Å². The average Bonchev–Trinajstić information content (AvgIpc) is 3.19. The number of fused-ring (bicyclic) bond motifs is 3. The van der Waals surface area contributed by atoms with Crippen molar-refractivity contribution in [2.45, 2.75) is 52.2 Å². The number of alkyl carbamates (subject to hydrolysis) is 1. The summed E-state index contributed by atoms with van der Waals surface area (Å²) in [7, 11) is 1.62. The Balaban J connectivity index is 1.64. The van der Waals surface area contributed by atoms with Gasteiger partial charge in [-0.2, -0.15) is 5.10 Å². The third-order valence-corrected chi connectivity index (χ3v) is 6.29. The van der Waals surface area contributed by atoms with Crippen LogP contribution in [0.3, 0.4) is 0 Å². The van der Waals surface area contributed by atoms with Gasteiger partial charge in [0.05, 0.1) is 12.8 Å². The van der Waals surface area contributed by atoms with Gasteiger partial charge in [0, 0.05) is 40.4 Å². The summed E-state index contributed by atoms with van der Waals surface area (Å²) in [4.78, 5) is 24.1. The fourth-order valence-electron chi connectivity index (χ4n) is 4.45. The minimum absolute atomic E-state index is 0.183. The maximum Gasteiger partial charge on any atom is 0.407 e. The van der Waals surface area contributed by atoms with Crippen LogP contribution < -0.4 is 10.1 Å². The summed E-state index contributed by atoms with van der Waals surface area (Å²) in [6, 6.07) is 11.5. The number of carbonyl (C=O) groups is 2. The van der Waals surface area contributed by atoms with Crippen molar-refractivity contribution >= 4 is 23.7 Å². The van der Waals surface area contributed by atoms with E-state index in [1.54, 1.807) is 27.9 Å². The lowest BCUT2D eigenvalue weighted by Crippen LogP contribution is -2.33. The Hall–Kier alpha value is -3.52. The van der Waals surface area contributed by atoms with E-state index in [0.29, 0.717) is 54.4 Å². The Bertz CT molecular complexity index is 1310. The fraction of sp³-hybridized carbons (Fsp3) is 0.370.